The third kappa shape index (κ3) is 3.16. The van der Waals surface area contributed by atoms with E-state index in [0.717, 1.165) is 6.04 Å². The standard InChI is InChI=1S/C7H14N2.2ClH/c1-2-7(1)9-5-3-8-4-6-9;;/h7-8H,1-6H2;2*1H. The first-order valence-electron chi connectivity index (χ1n) is 3.91. The Bertz CT molecular complexity index is 101. The van der Waals surface area contributed by atoms with Gasteiger partial charge >= 0.3 is 0 Å². The SMILES string of the molecule is C1CN(C2CC2)CCN1.Cl.Cl. The third-order valence-corrected chi connectivity index (χ3v) is 2.21. The fraction of sp³-hybridized carbons (Fsp3) is 1.00. The minimum Gasteiger partial charge on any atom is -0.314 e. The van der Waals surface area contributed by atoms with Crippen LogP contribution in [0.15, 0.2) is 0 Å². The van der Waals surface area contributed by atoms with Gasteiger partial charge in [0.1, 0.15) is 0 Å². The lowest BCUT2D eigenvalue weighted by atomic mass is 10.3. The summed E-state index contributed by atoms with van der Waals surface area (Å²) in [6, 6.07) is 0.979. The molecule has 0 amide bonds. The second-order valence-electron chi connectivity index (χ2n) is 3.02. The molecule has 0 unspecified atom stereocenters. The summed E-state index contributed by atoms with van der Waals surface area (Å²) >= 11 is 0. The molecule has 1 N–H and O–H groups in total. The molecule has 1 saturated carbocycles. The second-order valence-corrected chi connectivity index (χ2v) is 3.02. The molecule has 68 valence electrons. The maximum atomic E-state index is 3.36. The number of rotatable bonds is 1. The fourth-order valence-electron chi connectivity index (χ4n) is 1.49. The van der Waals surface area contributed by atoms with Crippen LogP contribution in [0.2, 0.25) is 0 Å². The molecule has 0 aromatic heterocycles. The molecule has 0 spiro atoms. The number of nitrogens with one attached hydrogen (secondary N) is 1. The van der Waals surface area contributed by atoms with Gasteiger partial charge in [0.05, 0.1) is 0 Å². The van der Waals surface area contributed by atoms with Gasteiger partial charge in [-0.05, 0) is 12.8 Å². The van der Waals surface area contributed by atoms with Crippen LogP contribution in [0.3, 0.4) is 0 Å². The molecule has 0 radical (unpaired) electrons. The van der Waals surface area contributed by atoms with Crippen molar-refractivity contribution in [3.63, 3.8) is 0 Å². The molecule has 0 atom stereocenters. The second kappa shape index (κ2) is 5.20. The average molecular weight is 199 g/mol. The predicted octanol–water partition coefficient (Wildman–Crippen LogP) is 0.898. The van der Waals surface area contributed by atoms with Gasteiger partial charge in [-0.25, -0.2) is 0 Å². The summed E-state index contributed by atoms with van der Waals surface area (Å²) in [5.41, 5.74) is 0. The van der Waals surface area contributed by atoms with Gasteiger partial charge in [0, 0.05) is 32.2 Å². The monoisotopic (exact) mass is 198 g/mol. The molecule has 1 aliphatic heterocycles. The van der Waals surface area contributed by atoms with Crippen LogP contribution in [0.5, 0.6) is 0 Å². The topological polar surface area (TPSA) is 15.3 Å². The lowest BCUT2D eigenvalue weighted by Crippen LogP contribution is -2.44. The van der Waals surface area contributed by atoms with E-state index in [1.165, 1.54) is 39.0 Å². The molecule has 2 aliphatic rings. The Kier molecular flexibility index (Phi) is 5.44. The molecule has 1 heterocycles. The van der Waals surface area contributed by atoms with Crippen LogP contribution in [0.25, 0.3) is 0 Å². The summed E-state index contributed by atoms with van der Waals surface area (Å²) in [6.07, 6.45) is 2.92. The highest BCUT2D eigenvalue weighted by atomic mass is 35.5. The molecular formula is C7H16Cl2N2. The van der Waals surface area contributed by atoms with Gasteiger partial charge in [-0.15, -0.1) is 24.8 Å². The van der Waals surface area contributed by atoms with E-state index in [1.54, 1.807) is 0 Å². The van der Waals surface area contributed by atoms with Crippen molar-refractivity contribution in [2.24, 2.45) is 0 Å². The summed E-state index contributed by atoms with van der Waals surface area (Å²) in [4.78, 5) is 2.61. The first-order valence-corrected chi connectivity index (χ1v) is 3.91. The zero-order chi connectivity index (χ0) is 6.10. The van der Waals surface area contributed by atoms with Crippen molar-refractivity contribution in [2.75, 3.05) is 26.2 Å². The van der Waals surface area contributed by atoms with Gasteiger partial charge in [-0.3, -0.25) is 4.90 Å². The minimum absolute atomic E-state index is 0. The third-order valence-electron chi connectivity index (χ3n) is 2.21. The Hall–Kier alpha value is 0.500. The summed E-state index contributed by atoms with van der Waals surface area (Å²) in [5.74, 6) is 0. The predicted molar refractivity (Wildman–Crippen MR) is 52.0 cm³/mol. The molecule has 0 aromatic carbocycles. The van der Waals surface area contributed by atoms with E-state index in [4.69, 9.17) is 0 Å². The largest absolute Gasteiger partial charge is 0.314 e. The van der Waals surface area contributed by atoms with E-state index < -0.39 is 0 Å². The number of halogens is 2. The molecular weight excluding hydrogens is 183 g/mol. The maximum absolute atomic E-state index is 3.36. The molecule has 11 heavy (non-hydrogen) atoms. The Morgan fingerprint density at radius 2 is 1.55 bits per heavy atom. The number of piperazine rings is 1. The Labute approximate surface area is 80.5 Å². The van der Waals surface area contributed by atoms with Crippen LogP contribution in [0, 0.1) is 0 Å². The molecule has 1 aliphatic carbocycles. The number of hydrogen-bond acceptors (Lipinski definition) is 2. The fourth-order valence-corrected chi connectivity index (χ4v) is 1.49. The van der Waals surface area contributed by atoms with Gasteiger partial charge in [0.15, 0.2) is 0 Å². The van der Waals surface area contributed by atoms with E-state index in [-0.39, 0.29) is 24.8 Å². The zero-order valence-corrected chi connectivity index (χ0v) is 8.22. The quantitative estimate of drug-likeness (QED) is 0.674. The van der Waals surface area contributed by atoms with E-state index in [1.807, 2.05) is 0 Å². The van der Waals surface area contributed by atoms with E-state index >= 15 is 0 Å². The number of nitrogens with zero attached hydrogens (tertiary/aromatic N) is 1. The van der Waals surface area contributed by atoms with Gasteiger partial charge in [-0.1, -0.05) is 0 Å². The van der Waals surface area contributed by atoms with Gasteiger partial charge in [-0.2, -0.15) is 0 Å². The highest BCUT2D eigenvalue weighted by Gasteiger charge is 2.28. The van der Waals surface area contributed by atoms with Gasteiger partial charge < -0.3 is 5.32 Å². The summed E-state index contributed by atoms with van der Waals surface area (Å²) in [7, 11) is 0. The Balaban J connectivity index is 0.000000500. The molecule has 2 fully saturated rings. The van der Waals surface area contributed by atoms with Crippen molar-refractivity contribution < 1.29 is 0 Å². The maximum Gasteiger partial charge on any atom is 0.0110 e. The van der Waals surface area contributed by atoms with Crippen LogP contribution in [-0.4, -0.2) is 37.1 Å². The van der Waals surface area contributed by atoms with Crippen LogP contribution < -0.4 is 5.32 Å². The normalized spacial score (nSPS) is 25.1. The van der Waals surface area contributed by atoms with Crippen molar-refractivity contribution in [1.29, 1.82) is 0 Å². The highest BCUT2D eigenvalue weighted by Crippen LogP contribution is 2.26. The van der Waals surface area contributed by atoms with Gasteiger partial charge in [0.25, 0.3) is 0 Å². The summed E-state index contributed by atoms with van der Waals surface area (Å²) < 4.78 is 0. The number of hydrogen-bond donors (Lipinski definition) is 1. The van der Waals surface area contributed by atoms with Crippen molar-refractivity contribution in [3.8, 4) is 0 Å². The van der Waals surface area contributed by atoms with E-state index in [0.29, 0.717) is 0 Å². The molecule has 0 aromatic rings. The first-order chi connectivity index (χ1) is 4.47. The van der Waals surface area contributed by atoms with Crippen molar-refractivity contribution in [1.82, 2.24) is 10.2 Å². The minimum atomic E-state index is 0. The van der Waals surface area contributed by atoms with E-state index in [9.17, 15) is 0 Å². The summed E-state index contributed by atoms with van der Waals surface area (Å²) in [6.45, 7) is 4.97. The average Bonchev–Trinajstić information content (AvgIpc) is 2.71. The molecule has 2 rings (SSSR count). The van der Waals surface area contributed by atoms with Gasteiger partial charge in [0.2, 0.25) is 0 Å². The zero-order valence-electron chi connectivity index (χ0n) is 6.58. The molecule has 1 saturated heterocycles. The molecule has 2 nitrogen and oxygen atoms in total. The Morgan fingerprint density at radius 3 is 2.00 bits per heavy atom. The summed E-state index contributed by atoms with van der Waals surface area (Å²) in [5, 5.41) is 3.36. The highest BCUT2D eigenvalue weighted by molar-refractivity contribution is 5.85. The van der Waals surface area contributed by atoms with Crippen molar-refractivity contribution in [3.05, 3.63) is 0 Å². The Morgan fingerprint density at radius 1 is 1.00 bits per heavy atom. The van der Waals surface area contributed by atoms with E-state index in [2.05, 4.69) is 10.2 Å². The lowest BCUT2D eigenvalue weighted by Gasteiger charge is -2.26. The smallest absolute Gasteiger partial charge is 0.0110 e. The first kappa shape index (κ1) is 11.5. The molecule has 0 bridgehead atoms. The van der Waals surface area contributed by atoms with Crippen LogP contribution in [0.1, 0.15) is 12.8 Å². The molecule has 4 heteroatoms. The van der Waals surface area contributed by atoms with Crippen molar-refractivity contribution >= 4 is 24.8 Å². The van der Waals surface area contributed by atoms with Crippen LogP contribution in [-0.2, 0) is 0 Å². The lowest BCUT2D eigenvalue weighted by molar-refractivity contribution is 0.231. The van der Waals surface area contributed by atoms with Crippen LogP contribution in [0.4, 0.5) is 0 Å². The van der Waals surface area contributed by atoms with Crippen molar-refractivity contribution in [2.45, 2.75) is 18.9 Å². The van der Waals surface area contributed by atoms with Crippen LogP contribution >= 0.6 is 24.8 Å².